The molecule has 1 N–H and O–H groups in total. The first-order chi connectivity index (χ1) is 9.95. The summed E-state index contributed by atoms with van der Waals surface area (Å²) in [5.41, 5.74) is 0. The number of amides is 1. The molecule has 1 aromatic rings. The monoisotopic (exact) mass is 359 g/mol. The van der Waals surface area contributed by atoms with Crippen LogP contribution in [-0.2, 0) is 14.3 Å². The molecule has 0 aromatic heterocycles. The predicted octanol–water partition coefficient (Wildman–Crippen LogP) is 2.18. The summed E-state index contributed by atoms with van der Waals surface area (Å²) in [7, 11) is 0. The van der Waals surface area contributed by atoms with Gasteiger partial charge in [0.15, 0.2) is 24.3 Å². The molecule has 0 bridgehead atoms. The quantitative estimate of drug-likeness (QED) is 0.790. The zero-order valence-corrected chi connectivity index (χ0v) is 13.0. The van der Waals surface area contributed by atoms with E-state index in [1.807, 2.05) is 0 Å². The van der Waals surface area contributed by atoms with Crippen molar-refractivity contribution >= 4 is 27.8 Å². The van der Waals surface area contributed by atoms with Crippen LogP contribution in [0, 0.1) is 5.82 Å². The molecular formula is C14H15BrFNO4. The van der Waals surface area contributed by atoms with Crippen LogP contribution in [0.3, 0.4) is 0 Å². The van der Waals surface area contributed by atoms with Crippen LogP contribution < -0.4 is 10.1 Å². The van der Waals surface area contributed by atoms with E-state index in [2.05, 4.69) is 21.2 Å². The van der Waals surface area contributed by atoms with E-state index in [0.717, 1.165) is 12.8 Å². The van der Waals surface area contributed by atoms with Gasteiger partial charge in [-0.2, -0.15) is 0 Å². The third kappa shape index (κ3) is 5.00. The second-order valence-electron chi connectivity index (χ2n) is 4.78. The van der Waals surface area contributed by atoms with E-state index < -0.39 is 24.5 Å². The fourth-order valence-electron chi connectivity index (χ4n) is 1.56. The van der Waals surface area contributed by atoms with Gasteiger partial charge < -0.3 is 14.8 Å². The molecular weight excluding hydrogens is 345 g/mol. The molecule has 5 nitrogen and oxygen atoms in total. The van der Waals surface area contributed by atoms with Crippen LogP contribution in [0.5, 0.6) is 5.75 Å². The maximum atomic E-state index is 13.5. The van der Waals surface area contributed by atoms with Gasteiger partial charge in [-0.3, -0.25) is 4.79 Å². The minimum absolute atomic E-state index is 0.0507. The molecule has 1 saturated carbocycles. The van der Waals surface area contributed by atoms with Gasteiger partial charge in [-0.1, -0.05) is 15.9 Å². The van der Waals surface area contributed by atoms with E-state index in [0.29, 0.717) is 4.47 Å². The Morgan fingerprint density at radius 1 is 1.48 bits per heavy atom. The Bertz CT molecular complexity index is 548. The lowest BCUT2D eigenvalue weighted by atomic mass is 10.3. The van der Waals surface area contributed by atoms with Crippen molar-refractivity contribution in [2.24, 2.45) is 0 Å². The van der Waals surface area contributed by atoms with E-state index >= 15 is 0 Å². The fraction of sp³-hybridized carbons (Fsp3) is 0.429. The standard InChI is InChI=1S/C14H15BrFNO4/c1-8(14(19)17-10-3-4-10)21-13(18)7-20-12-5-2-9(15)6-11(12)16/h2,5-6,8,10H,3-4,7H2,1H3,(H,17,19). The lowest BCUT2D eigenvalue weighted by Crippen LogP contribution is -2.37. The summed E-state index contributed by atoms with van der Waals surface area (Å²) in [6.07, 6.45) is 1.02. The van der Waals surface area contributed by atoms with Crippen molar-refractivity contribution in [1.29, 1.82) is 0 Å². The van der Waals surface area contributed by atoms with Crippen LogP contribution in [0.1, 0.15) is 19.8 Å². The summed E-state index contributed by atoms with van der Waals surface area (Å²) in [4.78, 5) is 23.2. The number of carbonyl (C=O) groups is 2. The Morgan fingerprint density at radius 2 is 2.19 bits per heavy atom. The normalized spacial score (nSPS) is 15.2. The van der Waals surface area contributed by atoms with E-state index in [9.17, 15) is 14.0 Å². The molecule has 1 aliphatic carbocycles. The maximum Gasteiger partial charge on any atom is 0.344 e. The van der Waals surface area contributed by atoms with Crippen LogP contribution in [-0.4, -0.2) is 30.6 Å². The van der Waals surface area contributed by atoms with E-state index in [-0.39, 0.29) is 17.7 Å². The molecule has 7 heteroatoms. The van der Waals surface area contributed by atoms with Crippen molar-refractivity contribution in [2.45, 2.75) is 31.9 Å². The number of rotatable bonds is 6. The highest BCUT2D eigenvalue weighted by Gasteiger charge is 2.27. The van der Waals surface area contributed by atoms with Gasteiger partial charge in [0, 0.05) is 10.5 Å². The predicted molar refractivity (Wildman–Crippen MR) is 76.3 cm³/mol. The molecule has 1 aliphatic rings. The average Bonchev–Trinajstić information content (AvgIpc) is 3.21. The smallest absolute Gasteiger partial charge is 0.344 e. The lowest BCUT2D eigenvalue weighted by molar-refractivity contribution is -0.156. The Labute approximate surface area is 129 Å². The molecule has 1 unspecified atom stereocenters. The van der Waals surface area contributed by atoms with E-state index in [4.69, 9.17) is 9.47 Å². The first-order valence-corrected chi connectivity index (χ1v) is 7.32. The molecule has 2 rings (SSSR count). The van der Waals surface area contributed by atoms with Crippen LogP contribution in [0.4, 0.5) is 4.39 Å². The molecule has 0 aliphatic heterocycles. The van der Waals surface area contributed by atoms with Crippen LogP contribution in [0.15, 0.2) is 22.7 Å². The van der Waals surface area contributed by atoms with E-state index in [1.54, 1.807) is 6.07 Å². The van der Waals surface area contributed by atoms with E-state index in [1.165, 1.54) is 19.1 Å². The van der Waals surface area contributed by atoms with Crippen molar-refractivity contribution in [3.8, 4) is 5.75 Å². The van der Waals surface area contributed by atoms with Crippen molar-refractivity contribution < 1.29 is 23.5 Å². The Kier molecular flexibility index (Phi) is 5.17. The number of hydrogen-bond donors (Lipinski definition) is 1. The van der Waals surface area contributed by atoms with Gasteiger partial charge in [-0.15, -0.1) is 0 Å². The molecule has 0 radical (unpaired) electrons. The number of hydrogen-bond acceptors (Lipinski definition) is 4. The van der Waals surface area contributed by atoms with Crippen LogP contribution >= 0.6 is 15.9 Å². The summed E-state index contributed by atoms with van der Waals surface area (Å²) in [5, 5.41) is 2.73. The van der Waals surface area contributed by atoms with Gasteiger partial charge in [0.25, 0.3) is 5.91 Å². The van der Waals surface area contributed by atoms with Gasteiger partial charge in [0.2, 0.25) is 0 Å². The lowest BCUT2D eigenvalue weighted by Gasteiger charge is -2.13. The van der Waals surface area contributed by atoms with Crippen molar-refractivity contribution in [3.63, 3.8) is 0 Å². The molecule has 1 atom stereocenters. The van der Waals surface area contributed by atoms with Gasteiger partial charge in [-0.05, 0) is 38.0 Å². The molecule has 1 amide bonds. The highest BCUT2D eigenvalue weighted by molar-refractivity contribution is 9.10. The first kappa shape index (κ1) is 15.8. The number of nitrogens with one attached hydrogen (secondary N) is 1. The summed E-state index contributed by atoms with van der Waals surface area (Å²) >= 11 is 3.12. The third-order valence-electron chi connectivity index (χ3n) is 2.84. The molecule has 1 fully saturated rings. The number of ether oxygens (including phenoxy) is 2. The largest absolute Gasteiger partial charge is 0.479 e. The molecule has 0 spiro atoms. The highest BCUT2D eigenvalue weighted by Crippen LogP contribution is 2.21. The number of benzene rings is 1. The third-order valence-corrected chi connectivity index (χ3v) is 3.33. The Hall–Kier alpha value is -1.63. The summed E-state index contributed by atoms with van der Waals surface area (Å²) in [6.45, 7) is 1.02. The summed E-state index contributed by atoms with van der Waals surface area (Å²) in [5.74, 6) is -1.70. The second-order valence-corrected chi connectivity index (χ2v) is 5.69. The van der Waals surface area contributed by atoms with Crippen molar-refractivity contribution in [2.75, 3.05) is 6.61 Å². The van der Waals surface area contributed by atoms with Gasteiger partial charge in [0.1, 0.15) is 0 Å². The maximum absolute atomic E-state index is 13.5. The minimum Gasteiger partial charge on any atom is -0.479 e. The molecule has 114 valence electrons. The highest BCUT2D eigenvalue weighted by atomic mass is 79.9. The zero-order chi connectivity index (χ0) is 15.4. The molecule has 0 heterocycles. The van der Waals surface area contributed by atoms with Crippen LogP contribution in [0.2, 0.25) is 0 Å². The van der Waals surface area contributed by atoms with Gasteiger partial charge in [0.05, 0.1) is 0 Å². The Morgan fingerprint density at radius 3 is 2.81 bits per heavy atom. The average molecular weight is 360 g/mol. The fourth-order valence-corrected chi connectivity index (χ4v) is 1.89. The minimum atomic E-state index is -0.892. The van der Waals surface area contributed by atoms with Gasteiger partial charge >= 0.3 is 5.97 Å². The number of carbonyl (C=O) groups excluding carboxylic acids is 2. The van der Waals surface area contributed by atoms with Crippen molar-refractivity contribution in [3.05, 3.63) is 28.5 Å². The molecule has 1 aromatic carbocycles. The molecule has 21 heavy (non-hydrogen) atoms. The number of esters is 1. The zero-order valence-electron chi connectivity index (χ0n) is 11.4. The van der Waals surface area contributed by atoms with Crippen molar-refractivity contribution in [1.82, 2.24) is 5.32 Å². The topological polar surface area (TPSA) is 64.6 Å². The second kappa shape index (κ2) is 6.89. The summed E-state index contributed by atoms with van der Waals surface area (Å²) in [6, 6.07) is 4.42. The SMILES string of the molecule is CC(OC(=O)COc1ccc(Br)cc1F)C(=O)NC1CC1. The Balaban J connectivity index is 1.77. The van der Waals surface area contributed by atoms with Gasteiger partial charge in [-0.25, -0.2) is 9.18 Å². The summed E-state index contributed by atoms with van der Waals surface area (Å²) < 4.78 is 24.0. The number of halogens is 2. The first-order valence-electron chi connectivity index (χ1n) is 6.53. The molecule has 0 saturated heterocycles. The van der Waals surface area contributed by atoms with Crippen LogP contribution in [0.25, 0.3) is 0 Å².